The van der Waals surface area contributed by atoms with Crippen molar-refractivity contribution in [3.05, 3.63) is 64.7 Å². The fraction of sp³-hybridized carbons (Fsp3) is 0.500. The lowest BCUT2D eigenvalue weighted by Gasteiger charge is -2.37. The first kappa shape index (κ1) is 20.1. The molecule has 0 spiro atoms. The summed E-state index contributed by atoms with van der Waals surface area (Å²) in [6.07, 6.45) is 4.66. The molecule has 0 aliphatic rings. The standard InChI is InChI=1S/C24H34S/c1-7-10-20-13-14-21(9-3)23(17-20)24(6,19(5)8-2)25-22-15-11-18(4)12-16-22/h11-17,19H,7-10H2,1-6H3. The summed E-state index contributed by atoms with van der Waals surface area (Å²) in [5.74, 6) is 0.612. The molecule has 2 unspecified atom stereocenters. The summed E-state index contributed by atoms with van der Waals surface area (Å²) in [4.78, 5) is 1.37. The average molecular weight is 355 g/mol. The highest BCUT2D eigenvalue weighted by Gasteiger charge is 2.35. The summed E-state index contributed by atoms with van der Waals surface area (Å²) in [5, 5.41) is 0. The van der Waals surface area contributed by atoms with Gasteiger partial charge in [-0.25, -0.2) is 0 Å². The number of hydrogen-bond donors (Lipinski definition) is 0. The minimum Gasteiger partial charge on any atom is -0.115 e. The van der Waals surface area contributed by atoms with Crippen LogP contribution in [0.2, 0.25) is 0 Å². The molecule has 0 aromatic heterocycles. The van der Waals surface area contributed by atoms with Gasteiger partial charge in [-0.05, 0) is 61.4 Å². The molecule has 0 fully saturated rings. The zero-order valence-electron chi connectivity index (χ0n) is 16.9. The Bertz CT molecular complexity index is 671. The molecule has 0 amide bonds. The van der Waals surface area contributed by atoms with Gasteiger partial charge in [0.25, 0.3) is 0 Å². The van der Waals surface area contributed by atoms with Gasteiger partial charge in [0.05, 0.1) is 0 Å². The van der Waals surface area contributed by atoms with Gasteiger partial charge in [-0.15, -0.1) is 11.8 Å². The predicted molar refractivity (Wildman–Crippen MR) is 114 cm³/mol. The maximum atomic E-state index is 2.50. The van der Waals surface area contributed by atoms with Crippen LogP contribution in [-0.2, 0) is 17.6 Å². The smallest absolute Gasteiger partial charge is 0.0455 e. The maximum Gasteiger partial charge on any atom is 0.0455 e. The highest BCUT2D eigenvalue weighted by Crippen LogP contribution is 2.49. The fourth-order valence-electron chi connectivity index (χ4n) is 3.50. The van der Waals surface area contributed by atoms with Crippen molar-refractivity contribution in [3.8, 4) is 0 Å². The van der Waals surface area contributed by atoms with Crippen molar-refractivity contribution in [1.82, 2.24) is 0 Å². The molecule has 0 bridgehead atoms. The van der Waals surface area contributed by atoms with Crippen molar-refractivity contribution in [1.29, 1.82) is 0 Å². The quantitative estimate of drug-likeness (QED) is 0.441. The minimum absolute atomic E-state index is 0.0963. The van der Waals surface area contributed by atoms with E-state index in [9.17, 15) is 0 Å². The van der Waals surface area contributed by atoms with Crippen molar-refractivity contribution in [2.75, 3.05) is 0 Å². The Morgan fingerprint density at radius 3 is 2.24 bits per heavy atom. The largest absolute Gasteiger partial charge is 0.115 e. The first-order valence-corrected chi connectivity index (χ1v) is 10.6. The molecule has 2 rings (SSSR count). The number of aryl methyl sites for hydroxylation is 3. The molecule has 0 saturated heterocycles. The van der Waals surface area contributed by atoms with Crippen molar-refractivity contribution >= 4 is 11.8 Å². The van der Waals surface area contributed by atoms with Crippen LogP contribution in [0.4, 0.5) is 0 Å². The maximum absolute atomic E-state index is 2.50. The molecule has 0 N–H and O–H groups in total. The van der Waals surface area contributed by atoms with E-state index in [2.05, 4.69) is 84.0 Å². The lowest BCUT2D eigenvalue weighted by Crippen LogP contribution is -2.28. The number of thioether (sulfide) groups is 1. The third kappa shape index (κ3) is 4.70. The van der Waals surface area contributed by atoms with Gasteiger partial charge in [-0.3, -0.25) is 0 Å². The summed E-state index contributed by atoms with van der Waals surface area (Å²) < 4.78 is 0.0963. The topological polar surface area (TPSA) is 0 Å². The van der Waals surface area contributed by atoms with E-state index in [0.29, 0.717) is 5.92 Å². The van der Waals surface area contributed by atoms with Crippen LogP contribution in [-0.4, -0.2) is 0 Å². The van der Waals surface area contributed by atoms with Crippen LogP contribution in [0, 0.1) is 12.8 Å². The molecular weight excluding hydrogens is 320 g/mol. The Morgan fingerprint density at radius 2 is 1.68 bits per heavy atom. The SMILES string of the molecule is CCCc1ccc(CC)c(C(C)(Sc2ccc(C)cc2)C(C)CC)c1. The average Bonchev–Trinajstić information content (AvgIpc) is 2.63. The third-order valence-corrected chi connectivity index (χ3v) is 7.09. The molecule has 136 valence electrons. The Kier molecular flexibility index (Phi) is 7.19. The predicted octanol–water partition coefficient (Wildman–Crippen LogP) is 7.56. The van der Waals surface area contributed by atoms with Crippen molar-refractivity contribution < 1.29 is 0 Å². The van der Waals surface area contributed by atoms with Crippen LogP contribution in [0.25, 0.3) is 0 Å². The number of hydrogen-bond acceptors (Lipinski definition) is 1. The zero-order valence-corrected chi connectivity index (χ0v) is 17.7. The van der Waals surface area contributed by atoms with E-state index in [1.165, 1.54) is 40.8 Å². The summed E-state index contributed by atoms with van der Waals surface area (Å²) in [6, 6.07) is 16.2. The van der Waals surface area contributed by atoms with Gasteiger partial charge >= 0.3 is 0 Å². The van der Waals surface area contributed by atoms with Gasteiger partial charge in [0.1, 0.15) is 0 Å². The second-order valence-electron chi connectivity index (χ2n) is 7.43. The number of benzene rings is 2. The summed E-state index contributed by atoms with van der Waals surface area (Å²) in [7, 11) is 0. The van der Waals surface area contributed by atoms with Gasteiger partial charge in [0, 0.05) is 9.64 Å². The summed E-state index contributed by atoms with van der Waals surface area (Å²) in [6.45, 7) is 13.9. The molecule has 0 heterocycles. The first-order valence-electron chi connectivity index (χ1n) is 9.82. The Hall–Kier alpha value is -1.21. The molecule has 0 saturated carbocycles. The molecule has 1 heteroatoms. The zero-order chi connectivity index (χ0) is 18.4. The lowest BCUT2D eigenvalue weighted by atomic mass is 9.82. The van der Waals surface area contributed by atoms with Gasteiger partial charge in [0.2, 0.25) is 0 Å². The molecule has 2 aromatic rings. The van der Waals surface area contributed by atoms with Crippen LogP contribution in [0.15, 0.2) is 47.4 Å². The Balaban J connectivity index is 2.51. The van der Waals surface area contributed by atoms with Crippen LogP contribution >= 0.6 is 11.8 Å². The van der Waals surface area contributed by atoms with E-state index in [4.69, 9.17) is 0 Å². The van der Waals surface area contributed by atoms with E-state index in [-0.39, 0.29) is 4.75 Å². The fourth-order valence-corrected chi connectivity index (χ4v) is 4.93. The molecule has 2 aromatic carbocycles. The van der Waals surface area contributed by atoms with E-state index in [1.807, 2.05) is 11.8 Å². The molecule has 0 aliphatic heterocycles. The number of rotatable bonds is 8. The van der Waals surface area contributed by atoms with E-state index in [1.54, 1.807) is 5.56 Å². The molecule has 0 radical (unpaired) electrons. The van der Waals surface area contributed by atoms with Crippen LogP contribution in [0.5, 0.6) is 0 Å². The highest BCUT2D eigenvalue weighted by atomic mass is 32.2. The van der Waals surface area contributed by atoms with Crippen molar-refractivity contribution in [2.45, 2.75) is 76.9 Å². The third-order valence-electron chi connectivity index (χ3n) is 5.53. The van der Waals surface area contributed by atoms with Gasteiger partial charge < -0.3 is 0 Å². The molecule has 0 nitrogen and oxygen atoms in total. The first-order chi connectivity index (χ1) is 11.9. The van der Waals surface area contributed by atoms with E-state index in [0.717, 1.165) is 6.42 Å². The van der Waals surface area contributed by atoms with Crippen LogP contribution in [0.1, 0.15) is 69.7 Å². The van der Waals surface area contributed by atoms with Crippen LogP contribution in [0.3, 0.4) is 0 Å². The molecule has 25 heavy (non-hydrogen) atoms. The van der Waals surface area contributed by atoms with Gasteiger partial charge in [0.15, 0.2) is 0 Å². The second-order valence-corrected chi connectivity index (χ2v) is 8.95. The van der Waals surface area contributed by atoms with E-state index < -0.39 is 0 Å². The molecule has 2 atom stereocenters. The lowest BCUT2D eigenvalue weighted by molar-refractivity contribution is 0.429. The normalized spacial score (nSPS) is 15.0. The minimum atomic E-state index is 0.0963. The Morgan fingerprint density at radius 1 is 1.00 bits per heavy atom. The van der Waals surface area contributed by atoms with Crippen molar-refractivity contribution in [3.63, 3.8) is 0 Å². The summed E-state index contributed by atoms with van der Waals surface area (Å²) in [5.41, 5.74) is 5.85. The van der Waals surface area contributed by atoms with Gasteiger partial charge in [-0.1, -0.05) is 76.4 Å². The van der Waals surface area contributed by atoms with Crippen LogP contribution < -0.4 is 0 Å². The highest BCUT2D eigenvalue weighted by molar-refractivity contribution is 8.00. The monoisotopic (exact) mass is 354 g/mol. The molecular formula is C24H34S. The Labute approximate surface area is 159 Å². The summed E-state index contributed by atoms with van der Waals surface area (Å²) >= 11 is 2.04. The van der Waals surface area contributed by atoms with Crippen molar-refractivity contribution in [2.24, 2.45) is 5.92 Å². The second kappa shape index (κ2) is 8.94. The molecule has 0 aliphatic carbocycles. The van der Waals surface area contributed by atoms with E-state index >= 15 is 0 Å². The van der Waals surface area contributed by atoms with Gasteiger partial charge in [-0.2, -0.15) is 0 Å².